The topological polar surface area (TPSA) is 63.2 Å². The van der Waals surface area contributed by atoms with Crippen LogP contribution in [0.25, 0.3) is 0 Å². The minimum Gasteiger partial charge on any atom is -0.497 e. The summed E-state index contributed by atoms with van der Waals surface area (Å²) in [5, 5.41) is 3.17. The van der Waals surface area contributed by atoms with Crippen LogP contribution in [0, 0.1) is 0 Å². The summed E-state index contributed by atoms with van der Waals surface area (Å²) < 4.78 is 5.21. The molecule has 0 radical (unpaired) electrons. The molecule has 0 saturated carbocycles. The summed E-state index contributed by atoms with van der Waals surface area (Å²) in [6, 6.07) is 7.61. The summed E-state index contributed by atoms with van der Waals surface area (Å²) in [7, 11) is 3.48. The SMILES string of the molecule is CCNc1nc(Cl)nc(N(C)c2cccc(OC)c2)n1. The lowest BCUT2D eigenvalue weighted by molar-refractivity contribution is 0.415. The number of nitrogens with one attached hydrogen (secondary N) is 1. The van der Waals surface area contributed by atoms with Crippen LogP contribution in [0.2, 0.25) is 5.28 Å². The molecule has 1 heterocycles. The van der Waals surface area contributed by atoms with E-state index in [4.69, 9.17) is 16.3 Å². The molecule has 2 aromatic rings. The van der Waals surface area contributed by atoms with Gasteiger partial charge in [0.05, 0.1) is 7.11 Å². The van der Waals surface area contributed by atoms with Crippen molar-refractivity contribution >= 4 is 29.2 Å². The Hall–Kier alpha value is -2.08. The number of aromatic nitrogens is 3. The number of ether oxygens (including phenoxy) is 1. The van der Waals surface area contributed by atoms with Crippen LogP contribution in [0.5, 0.6) is 5.75 Å². The van der Waals surface area contributed by atoms with Gasteiger partial charge in [0.15, 0.2) is 0 Å². The van der Waals surface area contributed by atoms with Gasteiger partial charge in [-0.3, -0.25) is 0 Å². The van der Waals surface area contributed by atoms with Crippen LogP contribution in [0.4, 0.5) is 17.6 Å². The molecule has 0 amide bonds. The minimum atomic E-state index is 0.153. The molecule has 0 aliphatic rings. The Morgan fingerprint density at radius 1 is 1.30 bits per heavy atom. The van der Waals surface area contributed by atoms with Crippen molar-refractivity contribution in [3.63, 3.8) is 0 Å². The van der Waals surface area contributed by atoms with Gasteiger partial charge in [0.1, 0.15) is 5.75 Å². The van der Waals surface area contributed by atoms with Gasteiger partial charge >= 0.3 is 0 Å². The fraction of sp³-hybridized carbons (Fsp3) is 0.308. The first kappa shape index (κ1) is 14.3. The van der Waals surface area contributed by atoms with Crippen molar-refractivity contribution in [2.24, 2.45) is 0 Å². The van der Waals surface area contributed by atoms with Crippen molar-refractivity contribution in [1.82, 2.24) is 15.0 Å². The molecule has 7 heteroatoms. The molecule has 1 aromatic heterocycles. The molecule has 0 saturated heterocycles. The highest BCUT2D eigenvalue weighted by Gasteiger charge is 2.11. The highest BCUT2D eigenvalue weighted by atomic mass is 35.5. The lowest BCUT2D eigenvalue weighted by Crippen LogP contribution is -2.15. The number of methoxy groups -OCH3 is 1. The minimum absolute atomic E-state index is 0.153. The number of hydrogen-bond acceptors (Lipinski definition) is 6. The van der Waals surface area contributed by atoms with Crippen molar-refractivity contribution in [2.75, 3.05) is 30.9 Å². The molecule has 0 atom stereocenters. The van der Waals surface area contributed by atoms with E-state index in [2.05, 4.69) is 20.3 Å². The summed E-state index contributed by atoms with van der Waals surface area (Å²) in [5.41, 5.74) is 0.897. The molecule has 1 aromatic carbocycles. The Kier molecular flexibility index (Phi) is 4.57. The monoisotopic (exact) mass is 293 g/mol. The molecule has 0 bridgehead atoms. The van der Waals surface area contributed by atoms with Crippen molar-refractivity contribution in [1.29, 1.82) is 0 Å². The lowest BCUT2D eigenvalue weighted by Gasteiger charge is -2.18. The molecule has 0 aliphatic carbocycles. The Bertz CT molecular complexity index is 593. The third-order valence-electron chi connectivity index (χ3n) is 2.67. The Morgan fingerprint density at radius 2 is 2.10 bits per heavy atom. The van der Waals surface area contributed by atoms with E-state index in [9.17, 15) is 0 Å². The third kappa shape index (κ3) is 3.27. The molecule has 0 spiro atoms. The van der Waals surface area contributed by atoms with E-state index in [1.165, 1.54) is 0 Å². The molecule has 2 rings (SSSR count). The van der Waals surface area contributed by atoms with Gasteiger partial charge < -0.3 is 15.0 Å². The predicted octanol–water partition coefficient (Wildman–Crippen LogP) is 2.73. The van der Waals surface area contributed by atoms with E-state index in [0.29, 0.717) is 18.4 Å². The number of rotatable bonds is 5. The molecule has 6 nitrogen and oxygen atoms in total. The van der Waals surface area contributed by atoms with Crippen LogP contribution < -0.4 is 15.0 Å². The normalized spacial score (nSPS) is 10.2. The van der Waals surface area contributed by atoms with Gasteiger partial charge in [-0.15, -0.1) is 0 Å². The van der Waals surface area contributed by atoms with Crippen LogP contribution in [-0.2, 0) is 0 Å². The van der Waals surface area contributed by atoms with Gasteiger partial charge in [0.25, 0.3) is 0 Å². The Labute approximate surface area is 122 Å². The molecule has 20 heavy (non-hydrogen) atoms. The predicted molar refractivity (Wildman–Crippen MR) is 80.1 cm³/mol. The number of nitrogens with zero attached hydrogens (tertiary/aromatic N) is 4. The molecule has 106 valence electrons. The third-order valence-corrected chi connectivity index (χ3v) is 2.84. The maximum absolute atomic E-state index is 5.92. The largest absolute Gasteiger partial charge is 0.497 e. The van der Waals surface area contributed by atoms with Crippen LogP contribution in [0.1, 0.15) is 6.92 Å². The zero-order valence-electron chi connectivity index (χ0n) is 11.6. The smallest absolute Gasteiger partial charge is 0.235 e. The average molecular weight is 294 g/mol. The highest BCUT2D eigenvalue weighted by molar-refractivity contribution is 6.28. The summed E-state index contributed by atoms with van der Waals surface area (Å²) >= 11 is 5.92. The first-order valence-electron chi connectivity index (χ1n) is 6.17. The second kappa shape index (κ2) is 6.38. The average Bonchev–Trinajstić information content (AvgIpc) is 2.46. The van der Waals surface area contributed by atoms with Crippen LogP contribution in [0.3, 0.4) is 0 Å². The second-order valence-corrected chi connectivity index (χ2v) is 4.36. The van der Waals surface area contributed by atoms with Gasteiger partial charge in [-0.1, -0.05) is 6.07 Å². The van der Waals surface area contributed by atoms with E-state index < -0.39 is 0 Å². The quantitative estimate of drug-likeness (QED) is 0.914. The lowest BCUT2D eigenvalue weighted by atomic mass is 10.3. The van der Waals surface area contributed by atoms with Gasteiger partial charge in [-0.2, -0.15) is 15.0 Å². The fourth-order valence-corrected chi connectivity index (χ4v) is 1.82. The van der Waals surface area contributed by atoms with E-state index in [1.807, 2.05) is 43.1 Å². The molecular formula is C13H16ClN5O. The van der Waals surface area contributed by atoms with Gasteiger partial charge in [-0.05, 0) is 30.7 Å². The summed E-state index contributed by atoms with van der Waals surface area (Å²) in [6.07, 6.45) is 0. The number of anilines is 3. The van der Waals surface area contributed by atoms with E-state index in [-0.39, 0.29) is 5.28 Å². The standard InChI is InChI=1S/C13H16ClN5O/c1-4-15-12-16-11(14)17-13(18-12)19(2)9-6-5-7-10(8-9)20-3/h5-8H,4H2,1-3H3,(H,15,16,17,18). The summed E-state index contributed by atoms with van der Waals surface area (Å²) in [6.45, 7) is 2.67. The Morgan fingerprint density at radius 3 is 2.80 bits per heavy atom. The first-order chi connectivity index (χ1) is 9.63. The Balaban J connectivity index is 2.34. The molecular weight excluding hydrogens is 278 g/mol. The molecule has 0 unspecified atom stereocenters. The molecule has 0 fully saturated rings. The van der Waals surface area contributed by atoms with E-state index in [1.54, 1.807) is 7.11 Å². The maximum atomic E-state index is 5.92. The van der Waals surface area contributed by atoms with Crippen molar-refractivity contribution < 1.29 is 4.74 Å². The maximum Gasteiger partial charge on any atom is 0.235 e. The highest BCUT2D eigenvalue weighted by Crippen LogP contribution is 2.25. The van der Waals surface area contributed by atoms with Crippen molar-refractivity contribution in [3.05, 3.63) is 29.5 Å². The van der Waals surface area contributed by atoms with Crippen LogP contribution in [-0.4, -0.2) is 35.7 Å². The summed E-state index contributed by atoms with van der Waals surface area (Å²) in [5.74, 6) is 1.69. The molecule has 0 aliphatic heterocycles. The van der Waals surface area contributed by atoms with E-state index >= 15 is 0 Å². The fourth-order valence-electron chi connectivity index (χ4n) is 1.66. The number of halogens is 1. The summed E-state index contributed by atoms with van der Waals surface area (Å²) in [4.78, 5) is 14.3. The van der Waals surface area contributed by atoms with Gasteiger partial charge in [0.2, 0.25) is 17.2 Å². The van der Waals surface area contributed by atoms with Gasteiger partial charge in [0, 0.05) is 25.3 Å². The van der Waals surface area contributed by atoms with Crippen LogP contribution in [0.15, 0.2) is 24.3 Å². The zero-order chi connectivity index (χ0) is 14.5. The van der Waals surface area contributed by atoms with Gasteiger partial charge in [-0.25, -0.2) is 0 Å². The first-order valence-corrected chi connectivity index (χ1v) is 6.55. The van der Waals surface area contributed by atoms with Crippen molar-refractivity contribution in [2.45, 2.75) is 6.92 Å². The van der Waals surface area contributed by atoms with Crippen LogP contribution >= 0.6 is 11.6 Å². The van der Waals surface area contributed by atoms with E-state index in [0.717, 1.165) is 11.4 Å². The zero-order valence-corrected chi connectivity index (χ0v) is 12.3. The number of benzene rings is 1. The second-order valence-electron chi connectivity index (χ2n) is 4.02. The number of hydrogen-bond donors (Lipinski definition) is 1. The molecule has 1 N–H and O–H groups in total. The van der Waals surface area contributed by atoms with Crippen molar-refractivity contribution in [3.8, 4) is 5.75 Å².